The third-order valence-corrected chi connectivity index (χ3v) is 3.82. The number of benzene rings is 2. The van der Waals surface area contributed by atoms with Crippen LogP contribution in [0, 0.1) is 0 Å². The van der Waals surface area contributed by atoms with Gasteiger partial charge in [0.15, 0.2) is 0 Å². The van der Waals surface area contributed by atoms with E-state index in [1.807, 2.05) is 24.3 Å². The lowest BCUT2D eigenvalue weighted by molar-refractivity contribution is -0.137. The van der Waals surface area contributed by atoms with Gasteiger partial charge in [-0.25, -0.2) is 4.68 Å². The van der Waals surface area contributed by atoms with Crippen molar-refractivity contribution in [2.75, 3.05) is 5.73 Å². The summed E-state index contributed by atoms with van der Waals surface area (Å²) < 4.78 is 40.7. The van der Waals surface area contributed by atoms with E-state index in [1.54, 1.807) is 6.07 Å². The third kappa shape index (κ3) is 3.24. The second kappa shape index (κ2) is 5.73. The van der Waals surface area contributed by atoms with Gasteiger partial charge in [0, 0.05) is 16.1 Å². The highest BCUT2D eigenvalue weighted by molar-refractivity contribution is 9.10. The molecule has 0 fully saturated rings. The van der Waals surface area contributed by atoms with Crippen LogP contribution < -0.4 is 5.73 Å². The van der Waals surface area contributed by atoms with E-state index in [4.69, 9.17) is 5.73 Å². The van der Waals surface area contributed by atoms with Gasteiger partial charge >= 0.3 is 6.18 Å². The van der Waals surface area contributed by atoms with Gasteiger partial charge in [0.25, 0.3) is 0 Å². The van der Waals surface area contributed by atoms with Crippen LogP contribution in [-0.4, -0.2) is 9.78 Å². The van der Waals surface area contributed by atoms with E-state index in [0.717, 1.165) is 22.2 Å². The highest BCUT2D eigenvalue weighted by atomic mass is 79.9. The van der Waals surface area contributed by atoms with E-state index in [9.17, 15) is 13.2 Å². The van der Waals surface area contributed by atoms with Crippen LogP contribution in [0.4, 0.5) is 19.0 Å². The number of nitrogens with zero attached hydrogens (tertiary/aromatic N) is 2. The molecule has 7 heteroatoms. The number of halogens is 4. The topological polar surface area (TPSA) is 43.8 Å². The summed E-state index contributed by atoms with van der Waals surface area (Å²) in [5.41, 5.74) is 6.85. The van der Waals surface area contributed by atoms with Crippen LogP contribution in [0.1, 0.15) is 5.56 Å². The lowest BCUT2D eigenvalue weighted by atomic mass is 10.2. The normalized spacial score (nSPS) is 11.7. The van der Waals surface area contributed by atoms with Gasteiger partial charge < -0.3 is 5.73 Å². The zero-order valence-corrected chi connectivity index (χ0v) is 13.3. The maximum Gasteiger partial charge on any atom is 0.416 e. The SMILES string of the molecule is Nc1cc(-c2ccc(Br)cc2)nn1-c1cccc(C(F)(F)F)c1. The second-order valence-corrected chi connectivity index (χ2v) is 5.84. The molecule has 2 aromatic carbocycles. The zero-order chi connectivity index (χ0) is 16.6. The summed E-state index contributed by atoms with van der Waals surface area (Å²) in [6, 6.07) is 13.9. The molecule has 3 nitrogen and oxygen atoms in total. The van der Waals surface area contributed by atoms with Gasteiger partial charge in [-0.1, -0.05) is 34.1 Å². The van der Waals surface area contributed by atoms with Crippen molar-refractivity contribution in [2.45, 2.75) is 6.18 Å². The standard InChI is InChI=1S/C16H11BrF3N3/c17-12-6-4-10(5-7-12)14-9-15(21)23(22-14)13-3-1-2-11(8-13)16(18,19)20/h1-9H,21H2. The molecule has 0 radical (unpaired) electrons. The predicted octanol–water partition coefficient (Wildman–Crippen LogP) is 4.90. The van der Waals surface area contributed by atoms with Crippen molar-refractivity contribution < 1.29 is 13.2 Å². The molecule has 0 saturated heterocycles. The number of nitrogens with two attached hydrogens (primary N) is 1. The minimum Gasteiger partial charge on any atom is -0.384 e. The predicted molar refractivity (Wildman–Crippen MR) is 86.1 cm³/mol. The van der Waals surface area contributed by atoms with E-state index in [0.29, 0.717) is 5.69 Å². The summed E-state index contributed by atoms with van der Waals surface area (Å²) in [7, 11) is 0. The lowest BCUT2D eigenvalue weighted by Crippen LogP contribution is -2.07. The van der Waals surface area contributed by atoms with E-state index in [-0.39, 0.29) is 11.5 Å². The van der Waals surface area contributed by atoms with E-state index >= 15 is 0 Å². The number of nitrogen functional groups attached to an aromatic ring is 1. The molecule has 0 bridgehead atoms. The molecule has 3 aromatic rings. The van der Waals surface area contributed by atoms with Crippen LogP contribution in [-0.2, 0) is 6.18 Å². The molecule has 0 aliphatic carbocycles. The van der Waals surface area contributed by atoms with Gasteiger partial charge in [0.1, 0.15) is 5.82 Å². The molecule has 0 saturated carbocycles. The number of rotatable bonds is 2. The molecular weight excluding hydrogens is 371 g/mol. The zero-order valence-electron chi connectivity index (χ0n) is 11.7. The first kappa shape index (κ1) is 15.6. The molecule has 2 N–H and O–H groups in total. The second-order valence-electron chi connectivity index (χ2n) is 4.92. The highest BCUT2D eigenvalue weighted by Crippen LogP contribution is 2.31. The van der Waals surface area contributed by atoms with Crippen LogP contribution in [0.2, 0.25) is 0 Å². The highest BCUT2D eigenvalue weighted by Gasteiger charge is 2.30. The summed E-state index contributed by atoms with van der Waals surface area (Å²) in [4.78, 5) is 0. The van der Waals surface area contributed by atoms with Crippen molar-refractivity contribution in [2.24, 2.45) is 0 Å². The maximum atomic E-state index is 12.8. The Labute approximate surface area is 138 Å². The summed E-state index contributed by atoms with van der Waals surface area (Å²) in [5.74, 6) is 0.266. The number of hydrogen-bond donors (Lipinski definition) is 1. The Morgan fingerprint density at radius 3 is 2.35 bits per heavy atom. The quantitative estimate of drug-likeness (QED) is 0.685. The summed E-state index contributed by atoms with van der Waals surface area (Å²) >= 11 is 3.34. The van der Waals surface area contributed by atoms with Gasteiger partial charge in [0.05, 0.1) is 16.9 Å². The molecule has 1 heterocycles. The molecule has 0 aliphatic rings. The Morgan fingerprint density at radius 1 is 1.00 bits per heavy atom. The van der Waals surface area contributed by atoms with Crippen LogP contribution in [0.25, 0.3) is 16.9 Å². The Balaban J connectivity index is 2.03. The minimum absolute atomic E-state index is 0.265. The average molecular weight is 382 g/mol. The Morgan fingerprint density at radius 2 is 1.70 bits per heavy atom. The van der Waals surface area contributed by atoms with Crippen LogP contribution >= 0.6 is 15.9 Å². The third-order valence-electron chi connectivity index (χ3n) is 3.29. The molecule has 1 aromatic heterocycles. The van der Waals surface area contributed by atoms with Crippen LogP contribution in [0.15, 0.2) is 59.1 Å². The monoisotopic (exact) mass is 381 g/mol. The largest absolute Gasteiger partial charge is 0.416 e. The molecule has 3 rings (SSSR count). The van der Waals surface area contributed by atoms with Gasteiger partial charge in [-0.05, 0) is 30.3 Å². The maximum absolute atomic E-state index is 12.8. The summed E-state index contributed by atoms with van der Waals surface area (Å²) in [6.45, 7) is 0. The molecular formula is C16H11BrF3N3. The number of aromatic nitrogens is 2. The van der Waals surface area contributed by atoms with Crippen molar-refractivity contribution >= 4 is 21.7 Å². The number of alkyl halides is 3. The van der Waals surface area contributed by atoms with Crippen LogP contribution in [0.5, 0.6) is 0 Å². The molecule has 0 aliphatic heterocycles. The first-order chi connectivity index (χ1) is 10.8. The Hall–Kier alpha value is -2.28. The van der Waals surface area contributed by atoms with E-state index in [1.165, 1.54) is 16.8 Å². The van der Waals surface area contributed by atoms with Crippen molar-refractivity contribution in [1.29, 1.82) is 0 Å². The van der Waals surface area contributed by atoms with Gasteiger partial charge in [-0.3, -0.25) is 0 Å². The van der Waals surface area contributed by atoms with Crippen molar-refractivity contribution in [3.8, 4) is 16.9 Å². The molecule has 0 amide bonds. The fourth-order valence-electron chi connectivity index (χ4n) is 2.18. The molecule has 0 spiro atoms. The molecule has 118 valence electrons. The number of anilines is 1. The van der Waals surface area contributed by atoms with Gasteiger partial charge in [0.2, 0.25) is 0 Å². The average Bonchev–Trinajstić information content (AvgIpc) is 2.89. The Bertz CT molecular complexity index is 839. The van der Waals surface area contributed by atoms with E-state index < -0.39 is 11.7 Å². The lowest BCUT2D eigenvalue weighted by Gasteiger charge is -2.09. The summed E-state index contributed by atoms with van der Waals surface area (Å²) in [6.07, 6.45) is -4.41. The van der Waals surface area contributed by atoms with Crippen molar-refractivity contribution in [3.63, 3.8) is 0 Å². The van der Waals surface area contributed by atoms with Crippen molar-refractivity contribution in [3.05, 3.63) is 64.6 Å². The van der Waals surface area contributed by atoms with E-state index in [2.05, 4.69) is 21.0 Å². The first-order valence-corrected chi connectivity index (χ1v) is 7.43. The fourth-order valence-corrected chi connectivity index (χ4v) is 2.44. The number of hydrogen-bond acceptors (Lipinski definition) is 2. The first-order valence-electron chi connectivity index (χ1n) is 6.64. The van der Waals surface area contributed by atoms with Gasteiger partial charge in [-0.2, -0.15) is 18.3 Å². The fraction of sp³-hybridized carbons (Fsp3) is 0.0625. The molecule has 0 atom stereocenters. The molecule has 0 unspecified atom stereocenters. The van der Waals surface area contributed by atoms with Crippen LogP contribution in [0.3, 0.4) is 0 Å². The summed E-state index contributed by atoms with van der Waals surface area (Å²) in [5, 5.41) is 4.31. The minimum atomic E-state index is -4.41. The Kier molecular flexibility index (Phi) is 3.89. The molecule has 23 heavy (non-hydrogen) atoms. The van der Waals surface area contributed by atoms with Gasteiger partial charge in [-0.15, -0.1) is 0 Å². The van der Waals surface area contributed by atoms with Crippen molar-refractivity contribution in [1.82, 2.24) is 9.78 Å². The smallest absolute Gasteiger partial charge is 0.384 e.